The standard InChI is InChI=1S/C7H14.C6H12.2H2O/c1-7-5-3-2-4-6-7;1-2-4-6-5-3-1;;/h7H,2-6H2,1H3;1-6H2;2*1H2. The molecule has 4 N–H and O–H groups in total. The molecule has 0 heterocycles. The highest BCUT2D eigenvalue weighted by Crippen LogP contribution is 2.22. The number of rotatable bonds is 0. The van der Waals surface area contributed by atoms with Gasteiger partial charge in [0.2, 0.25) is 0 Å². The first-order valence-electron chi connectivity index (χ1n) is 6.39. The second-order valence-corrected chi connectivity index (χ2v) is 4.86. The van der Waals surface area contributed by atoms with Gasteiger partial charge in [0.1, 0.15) is 0 Å². The van der Waals surface area contributed by atoms with Crippen LogP contribution < -0.4 is 0 Å². The maximum absolute atomic E-state index is 2.36. The highest BCUT2D eigenvalue weighted by molar-refractivity contribution is 4.59. The molecule has 0 atom stereocenters. The smallest absolute Gasteiger partial charge is 0.0443 e. The Bertz CT molecular complexity index is 93.6. The Kier molecular flexibility index (Phi) is 13.8. The third kappa shape index (κ3) is 10.2. The first kappa shape index (κ1) is 17.3. The van der Waals surface area contributed by atoms with E-state index in [1.165, 1.54) is 70.6 Å². The summed E-state index contributed by atoms with van der Waals surface area (Å²) >= 11 is 0. The molecule has 0 unspecified atom stereocenters. The molecule has 0 aromatic rings. The molecule has 2 rings (SSSR count). The molecule has 2 aliphatic carbocycles. The molecule has 0 amide bonds. The Morgan fingerprint density at radius 1 is 0.533 bits per heavy atom. The summed E-state index contributed by atoms with van der Waals surface area (Å²) in [6.07, 6.45) is 16.4. The molecular formula is C13H30O2. The number of hydrogen-bond acceptors (Lipinski definition) is 0. The van der Waals surface area contributed by atoms with E-state index in [4.69, 9.17) is 0 Å². The van der Waals surface area contributed by atoms with Gasteiger partial charge in [-0.05, 0) is 5.92 Å². The molecule has 2 aliphatic rings. The van der Waals surface area contributed by atoms with Crippen molar-refractivity contribution in [2.75, 3.05) is 0 Å². The van der Waals surface area contributed by atoms with E-state index >= 15 is 0 Å². The maximum atomic E-state index is 2.36. The van der Waals surface area contributed by atoms with Crippen LogP contribution in [0.2, 0.25) is 0 Å². The van der Waals surface area contributed by atoms with E-state index in [9.17, 15) is 0 Å². The summed E-state index contributed by atoms with van der Waals surface area (Å²) in [7, 11) is 0. The fourth-order valence-electron chi connectivity index (χ4n) is 2.37. The quantitative estimate of drug-likeness (QED) is 0.599. The van der Waals surface area contributed by atoms with Crippen molar-refractivity contribution in [2.45, 2.75) is 77.6 Å². The van der Waals surface area contributed by atoms with Crippen LogP contribution >= 0.6 is 0 Å². The van der Waals surface area contributed by atoms with Crippen molar-refractivity contribution in [3.8, 4) is 0 Å². The van der Waals surface area contributed by atoms with Gasteiger partial charge in [0.25, 0.3) is 0 Å². The normalized spacial score (nSPS) is 21.4. The summed E-state index contributed by atoms with van der Waals surface area (Å²) in [6.45, 7) is 2.36. The molecule has 2 nitrogen and oxygen atoms in total. The van der Waals surface area contributed by atoms with Crippen LogP contribution in [-0.4, -0.2) is 11.0 Å². The maximum Gasteiger partial charge on any atom is -0.0443 e. The molecular weight excluding hydrogens is 188 g/mol. The van der Waals surface area contributed by atoms with E-state index in [0.717, 1.165) is 5.92 Å². The van der Waals surface area contributed by atoms with Gasteiger partial charge in [-0.25, -0.2) is 0 Å². The molecule has 0 bridgehead atoms. The van der Waals surface area contributed by atoms with Gasteiger partial charge in [-0.15, -0.1) is 0 Å². The minimum absolute atomic E-state index is 0. The predicted octanol–water partition coefficient (Wildman–Crippen LogP) is 3.28. The van der Waals surface area contributed by atoms with Crippen molar-refractivity contribution < 1.29 is 11.0 Å². The Hall–Kier alpha value is -0.0800. The largest absolute Gasteiger partial charge is 0.412 e. The third-order valence-corrected chi connectivity index (χ3v) is 3.39. The Morgan fingerprint density at radius 2 is 0.800 bits per heavy atom. The van der Waals surface area contributed by atoms with Gasteiger partial charge in [0.15, 0.2) is 0 Å². The minimum Gasteiger partial charge on any atom is -0.412 e. The highest BCUT2D eigenvalue weighted by Gasteiger charge is 2.05. The fourth-order valence-corrected chi connectivity index (χ4v) is 2.37. The average Bonchev–Trinajstić information content (AvgIpc) is 2.22. The van der Waals surface area contributed by atoms with Gasteiger partial charge in [-0.1, -0.05) is 77.6 Å². The van der Waals surface area contributed by atoms with E-state index in [-0.39, 0.29) is 11.0 Å². The van der Waals surface area contributed by atoms with Gasteiger partial charge in [0, 0.05) is 0 Å². The van der Waals surface area contributed by atoms with Crippen LogP contribution in [0, 0.1) is 5.92 Å². The lowest BCUT2D eigenvalue weighted by Crippen LogP contribution is -1.99. The van der Waals surface area contributed by atoms with Crippen LogP contribution in [-0.2, 0) is 0 Å². The zero-order valence-electron chi connectivity index (χ0n) is 10.4. The summed E-state index contributed by atoms with van der Waals surface area (Å²) < 4.78 is 0. The van der Waals surface area contributed by atoms with Gasteiger partial charge in [-0.2, -0.15) is 0 Å². The van der Waals surface area contributed by atoms with Crippen molar-refractivity contribution in [3.63, 3.8) is 0 Å². The van der Waals surface area contributed by atoms with Gasteiger partial charge >= 0.3 is 0 Å². The second kappa shape index (κ2) is 12.0. The van der Waals surface area contributed by atoms with Gasteiger partial charge in [-0.3, -0.25) is 0 Å². The van der Waals surface area contributed by atoms with Crippen LogP contribution in [0.5, 0.6) is 0 Å². The van der Waals surface area contributed by atoms with E-state index < -0.39 is 0 Å². The fraction of sp³-hybridized carbons (Fsp3) is 1.00. The molecule has 0 radical (unpaired) electrons. The molecule has 2 heteroatoms. The Morgan fingerprint density at radius 3 is 1.00 bits per heavy atom. The van der Waals surface area contributed by atoms with E-state index in [0.29, 0.717) is 0 Å². The molecule has 0 aromatic carbocycles. The van der Waals surface area contributed by atoms with Crippen molar-refractivity contribution >= 4 is 0 Å². The first-order valence-corrected chi connectivity index (χ1v) is 6.39. The van der Waals surface area contributed by atoms with Crippen LogP contribution in [0.15, 0.2) is 0 Å². The van der Waals surface area contributed by atoms with Crippen LogP contribution in [0.25, 0.3) is 0 Å². The second-order valence-electron chi connectivity index (χ2n) is 4.86. The predicted molar refractivity (Wildman–Crippen MR) is 67.2 cm³/mol. The number of hydrogen-bond donors (Lipinski definition) is 0. The van der Waals surface area contributed by atoms with E-state index in [1.807, 2.05) is 0 Å². The minimum atomic E-state index is 0. The summed E-state index contributed by atoms with van der Waals surface area (Å²) in [5.74, 6) is 1.04. The topological polar surface area (TPSA) is 63.0 Å². The molecule has 2 saturated carbocycles. The van der Waals surface area contributed by atoms with E-state index in [2.05, 4.69) is 6.92 Å². The van der Waals surface area contributed by atoms with Crippen molar-refractivity contribution in [1.29, 1.82) is 0 Å². The van der Waals surface area contributed by atoms with Crippen molar-refractivity contribution in [2.24, 2.45) is 5.92 Å². The zero-order chi connectivity index (χ0) is 9.36. The molecule has 0 saturated heterocycles. The van der Waals surface area contributed by atoms with Crippen molar-refractivity contribution in [3.05, 3.63) is 0 Å². The van der Waals surface area contributed by atoms with Gasteiger partial charge in [0.05, 0.1) is 0 Å². The monoisotopic (exact) mass is 218 g/mol. The molecule has 0 aromatic heterocycles. The van der Waals surface area contributed by atoms with Crippen molar-refractivity contribution in [1.82, 2.24) is 0 Å². The van der Waals surface area contributed by atoms with E-state index in [1.54, 1.807) is 0 Å². The zero-order valence-corrected chi connectivity index (χ0v) is 10.4. The highest BCUT2D eigenvalue weighted by atomic mass is 16.0. The molecule has 0 spiro atoms. The molecule has 0 aliphatic heterocycles. The lowest BCUT2D eigenvalue weighted by Gasteiger charge is -2.15. The van der Waals surface area contributed by atoms with Crippen LogP contribution in [0.1, 0.15) is 77.6 Å². The Labute approximate surface area is 95.1 Å². The molecule has 94 valence electrons. The SMILES string of the molecule is C1CCCCC1.CC1CCCCC1.O.O. The molecule has 15 heavy (non-hydrogen) atoms. The lowest BCUT2D eigenvalue weighted by atomic mass is 9.91. The lowest BCUT2D eigenvalue weighted by molar-refractivity contribution is 0.385. The van der Waals surface area contributed by atoms with Crippen LogP contribution in [0.4, 0.5) is 0 Å². The first-order chi connectivity index (χ1) is 6.39. The summed E-state index contributed by atoms with van der Waals surface area (Å²) in [5.41, 5.74) is 0. The Balaban J connectivity index is 0. The van der Waals surface area contributed by atoms with Gasteiger partial charge < -0.3 is 11.0 Å². The summed E-state index contributed by atoms with van der Waals surface area (Å²) in [6, 6.07) is 0. The van der Waals surface area contributed by atoms with Crippen LogP contribution in [0.3, 0.4) is 0 Å². The summed E-state index contributed by atoms with van der Waals surface area (Å²) in [4.78, 5) is 0. The third-order valence-electron chi connectivity index (χ3n) is 3.39. The average molecular weight is 218 g/mol. The molecule has 2 fully saturated rings. The summed E-state index contributed by atoms with van der Waals surface area (Å²) in [5, 5.41) is 0.